The van der Waals surface area contributed by atoms with Gasteiger partial charge in [-0.25, -0.2) is 14.4 Å². The highest BCUT2D eigenvalue weighted by Crippen LogP contribution is 2.50. The number of amides is 2. The largest absolute Gasteiger partial charge is 0.466 e. The molecule has 0 aromatic carbocycles. The van der Waals surface area contributed by atoms with Crippen LogP contribution in [0.15, 0.2) is 71.9 Å². The van der Waals surface area contributed by atoms with Gasteiger partial charge in [0, 0.05) is 81.4 Å². The Morgan fingerprint density at radius 1 is 0.821 bits per heavy atom. The van der Waals surface area contributed by atoms with E-state index < -0.39 is 131 Å². The van der Waals surface area contributed by atoms with Gasteiger partial charge in [-0.2, -0.15) is 0 Å². The van der Waals surface area contributed by atoms with E-state index in [1.165, 1.54) is 45.3 Å². The van der Waals surface area contributed by atoms with E-state index in [0.29, 0.717) is 24.8 Å². The van der Waals surface area contributed by atoms with Crippen LogP contribution < -0.4 is 0 Å². The van der Waals surface area contributed by atoms with Crippen LogP contribution in [0, 0.1) is 10.8 Å². The summed E-state index contributed by atoms with van der Waals surface area (Å²) in [5.41, 5.74) is -2.28. The lowest BCUT2D eigenvalue weighted by Gasteiger charge is -2.53. The number of aliphatic hydroxyl groups is 3. The van der Waals surface area contributed by atoms with Gasteiger partial charge in [0.1, 0.15) is 18.3 Å². The summed E-state index contributed by atoms with van der Waals surface area (Å²) in [5.74, 6) is -10.2. The smallest absolute Gasteiger partial charge is 0.331 e. The van der Waals surface area contributed by atoms with E-state index in [1.807, 2.05) is 13.0 Å². The number of hydrogen-bond acceptors (Lipinski definition) is 20. The first-order valence-electron chi connectivity index (χ1n) is 26.8. The van der Waals surface area contributed by atoms with Gasteiger partial charge >= 0.3 is 35.8 Å². The number of carbonyl (C=O) groups is 8. The predicted octanol–water partition coefficient (Wildman–Crippen LogP) is 5.32. The lowest BCUT2D eigenvalue weighted by molar-refractivity contribution is -0.348. The Hall–Kier alpha value is -5.84. The fourth-order valence-electron chi connectivity index (χ4n) is 10.3. The Kier molecular flexibility index (Phi) is 22.5. The maximum Gasteiger partial charge on any atom is 0.331 e. The molecule has 0 aliphatic carbocycles. The quantitative estimate of drug-likeness (QED) is 0.0335. The second kappa shape index (κ2) is 27.8. The Bertz CT molecular complexity index is 2360. The van der Waals surface area contributed by atoms with Crippen molar-refractivity contribution in [1.82, 2.24) is 4.90 Å². The number of allylic oxidation sites excluding steroid dienone is 3. The summed E-state index contributed by atoms with van der Waals surface area (Å²) in [4.78, 5) is 105. The summed E-state index contributed by atoms with van der Waals surface area (Å²) in [6, 6.07) is 0. The second-order valence-corrected chi connectivity index (χ2v) is 21.7. The Morgan fingerprint density at radius 3 is 2.18 bits per heavy atom. The molecular formula is C57H79NO20. The highest BCUT2D eigenvalue weighted by atomic mass is 16.7. The minimum absolute atomic E-state index is 0.0216. The minimum Gasteiger partial charge on any atom is -0.466 e. The number of esters is 6. The van der Waals surface area contributed by atoms with E-state index in [4.69, 9.17) is 42.6 Å². The van der Waals surface area contributed by atoms with Crippen LogP contribution in [0.4, 0.5) is 0 Å². The molecule has 11 atom stereocenters. The lowest BCUT2D eigenvalue weighted by Crippen LogP contribution is -2.62. The van der Waals surface area contributed by atoms with Crippen LogP contribution in [0.1, 0.15) is 138 Å². The van der Waals surface area contributed by atoms with Crippen LogP contribution >= 0.6 is 0 Å². The highest BCUT2D eigenvalue weighted by molar-refractivity contribution is 6.12. The number of cyclic esters (lactones) is 1. The SMILES string of the molecule is CCC/C=C/C=C/C(=O)O[C@H]1/C(=C/C(=O)OC)C[C@H]2CC([C@@H](C)OC(=O)CCCCCN3C(=O)C=CC3=O)OC(=O)C[C@H](O)C[C@@H]3C[C@H](OC(C)=O)C(C)(C)[C@](O)(C[C@@H]4C/C(=C/C(=O)OC)C[C@H](/C=C/C(C)(C)[C@]1(O)O2)O4)O3. The molecule has 21 nitrogen and oxygen atoms in total. The van der Waals surface area contributed by atoms with Crippen molar-refractivity contribution in [3.8, 4) is 0 Å². The first-order chi connectivity index (χ1) is 36.7. The first kappa shape index (κ1) is 63.0. The molecule has 5 heterocycles. The van der Waals surface area contributed by atoms with Gasteiger partial charge in [0.05, 0.1) is 56.6 Å². The number of aliphatic hydroxyl groups excluding tert-OH is 1. The molecule has 5 rings (SSSR count). The molecule has 21 heteroatoms. The van der Waals surface area contributed by atoms with E-state index in [9.17, 15) is 53.7 Å². The van der Waals surface area contributed by atoms with Gasteiger partial charge in [-0.05, 0) is 51.0 Å². The fraction of sp³-hybridized carbons (Fsp3) is 0.649. The molecule has 78 heavy (non-hydrogen) atoms. The van der Waals surface area contributed by atoms with Crippen LogP contribution in [0.5, 0.6) is 0 Å². The van der Waals surface area contributed by atoms with E-state index in [2.05, 4.69) is 0 Å². The number of nitrogens with zero attached hydrogens (tertiary/aromatic N) is 1. The van der Waals surface area contributed by atoms with Gasteiger partial charge < -0.3 is 58.0 Å². The molecule has 0 spiro atoms. The second-order valence-electron chi connectivity index (χ2n) is 21.7. The van der Waals surface area contributed by atoms with E-state index in [0.717, 1.165) is 37.0 Å². The van der Waals surface area contributed by atoms with E-state index in [1.54, 1.807) is 45.9 Å². The normalized spacial score (nSPS) is 32.3. The molecule has 0 radical (unpaired) electrons. The average molecular weight is 1100 g/mol. The Morgan fingerprint density at radius 2 is 1.51 bits per heavy atom. The minimum atomic E-state index is -2.56. The summed E-state index contributed by atoms with van der Waals surface area (Å²) < 4.78 is 53.4. The van der Waals surface area contributed by atoms with Gasteiger partial charge in [0.2, 0.25) is 5.79 Å². The zero-order valence-electron chi connectivity index (χ0n) is 46.3. The molecular weight excluding hydrogens is 1020 g/mol. The zero-order valence-corrected chi connectivity index (χ0v) is 46.3. The lowest BCUT2D eigenvalue weighted by atomic mass is 9.70. The third-order valence-electron chi connectivity index (χ3n) is 14.9. The number of methoxy groups -OCH3 is 2. The van der Waals surface area contributed by atoms with Crippen molar-refractivity contribution in [3.05, 3.63) is 71.9 Å². The number of imide groups is 1. The molecule has 1 unspecified atom stereocenters. The van der Waals surface area contributed by atoms with Gasteiger partial charge in [-0.1, -0.05) is 83.4 Å². The van der Waals surface area contributed by atoms with Crippen molar-refractivity contribution in [2.45, 2.75) is 205 Å². The van der Waals surface area contributed by atoms with Gasteiger partial charge in [-0.3, -0.25) is 28.9 Å². The van der Waals surface area contributed by atoms with E-state index >= 15 is 0 Å². The number of carbonyl (C=O) groups excluding carboxylic acids is 8. The van der Waals surface area contributed by atoms with Crippen molar-refractivity contribution < 1.29 is 96.3 Å². The number of unbranched alkanes of at least 4 members (excludes halogenated alkanes) is 3. The zero-order chi connectivity index (χ0) is 57.6. The first-order valence-corrected chi connectivity index (χ1v) is 26.8. The predicted molar refractivity (Wildman–Crippen MR) is 277 cm³/mol. The number of rotatable bonds is 16. The van der Waals surface area contributed by atoms with Crippen molar-refractivity contribution in [2.24, 2.45) is 10.8 Å². The topological polar surface area (TPSA) is 284 Å². The van der Waals surface area contributed by atoms with Crippen LogP contribution in [0.2, 0.25) is 0 Å². The number of ether oxygens (including phenoxy) is 9. The summed E-state index contributed by atoms with van der Waals surface area (Å²) in [7, 11) is 2.37. The van der Waals surface area contributed by atoms with Crippen molar-refractivity contribution in [3.63, 3.8) is 0 Å². The monoisotopic (exact) mass is 1100 g/mol. The average Bonchev–Trinajstić information content (AvgIpc) is 3.80. The molecule has 6 bridgehead atoms. The van der Waals surface area contributed by atoms with Crippen LogP contribution in [0.3, 0.4) is 0 Å². The highest BCUT2D eigenvalue weighted by Gasteiger charge is 2.59. The maximum atomic E-state index is 14.0. The standard InChI is InChI=1S/C57H79NO20/c1-10-11-12-13-15-19-49(64)76-53-38(29-51(66)71-9)28-41-32-44(35(2)72-48(63)18-16-14-17-24-58-46(61)20-21-47(58)62)75-52(67)31-39(60)30-42-33-45(73-36(3)59)55(6,7)56(68,77-42)34-43-26-37(27-50(65)70-8)25-40(74-43)22-23-54(4,5)57(53,69)78-41/h12-13,15,19-23,27,29,35,39-45,53,60,68-69H,10-11,14,16-18,24-26,28,30-34H2,1-9H3/b13-12+,19-15+,23-22+,37-27+,38-29+/t35-,39-,40+,41+,42-,43+,44?,45+,53+,56+,57-/m1/s1. The summed E-state index contributed by atoms with van der Waals surface area (Å²) >= 11 is 0. The van der Waals surface area contributed by atoms with E-state index in [-0.39, 0.29) is 63.5 Å². The molecule has 3 fully saturated rings. The molecule has 0 saturated carbocycles. The van der Waals surface area contributed by atoms with Crippen molar-refractivity contribution >= 4 is 47.6 Å². The molecule has 0 aromatic heterocycles. The molecule has 432 valence electrons. The van der Waals surface area contributed by atoms with Crippen LogP contribution in [-0.2, 0) is 81.0 Å². The third kappa shape index (κ3) is 16.8. The molecule has 5 aliphatic rings. The van der Waals surface area contributed by atoms with Gasteiger partial charge in [-0.15, -0.1) is 0 Å². The van der Waals surface area contributed by atoms with Crippen LogP contribution in [0.25, 0.3) is 0 Å². The molecule has 2 amide bonds. The number of hydrogen-bond donors (Lipinski definition) is 3. The Balaban J connectivity index is 1.58. The van der Waals surface area contributed by atoms with Crippen LogP contribution in [-0.4, -0.2) is 155 Å². The number of fused-ring (bicyclic) bond motifs is 6. The summed E-state index contributed by atoms with van der Waals surface area (Å²) in [6.45, 7) is 11.4. The summed E-state index contributed by atoms with van der Waals surface area (Å²) in [5, 5.41) is 37.5. The maximum absolute atomic E-state index is 14.0. The molecule has 0 aromatic rings. The van der Waals surface area contributed by atoms with Crippen molar-refractivity contribution in [2.75, 3.05) is 20.8 Å². The third-order valence-corrected chi connectivity index (χ3v) is 14.9. The molecule has 5 aliphatic heterocycles. The van der Waals surface area contributed by atoms with Crippen molar-refractivity contribution in [1.29, 1.82) is 0 Å². The van der Waals surface area contributed by atoms with Gasteiger partial charge in [0.15, 0.2) is 11.9 Å². The molecule has 3 N–H and O–H groups in total. The summed E-state index contributed by atoms with van der Waals surface area (Å²) in [6.07, 6.45) is 4.89. The Labute approximate surface area is 455 Å². The van der Waals surface area contributed by atoms with Gasteiger partial charge in [0.25, 0.3) is 11.8 Å². The molecule has 3 saturated heterocycles. The fourth-order valence-corrected chi connectivity index (χ4v) is 10.3.